The van der Waals surface area contributed by atoms with Crippen LogP contribution in [0.4, 0.5) is 22.0 Å². The quantitative estimate of drug-likeness (QED) is 0.479. The zero-order chi connectivity index (χ0) is 18.4. The number of rotatable bonds is 4. The number of aliphatic imine (C=N–C) groups is 1. The van der Waals surface area contributed by atoms with E-state index in [0.29, 0.717) is 25.3 Å². The molecule has 8 heteroatoms. The van der Waals surface area contributed by atoms with E-state index >= 15 is 0 Å². The molecular weight excluding hydrogens is 341 g/mol. The van der Waals surface area contributed by atoms with E-state index in [2.05, 4.69) is 15.6 Å². The summed E-state index contributed by atoms with van der Waals surface area (Å²) in [6.45, 7) is 2.34. The van der Waals surface area contributed by atoms with Crippen LogP contribution in [0.5, 0.6) is 0 Å². The lowest BCUT2D eigenvalue weighted by atomic mass is 9.85. The molecule has 0 amide bonds. The van der Waals surface area contributed by atoms with Gasteiger partial charge in [0.1, 0.15) is 11.6 Å². The maximum Gasteiger partial charge on any atom is 0.391 e. The van der Waals surface area contributed by atoms with Crippen LogP contribution in [-0.2, 0) is 6.54 Å². The average molecular weight is 363 g/mol. The highest BCUT2D eigenvalue weighted by atomic mass is 19.4. The summed E-state index contributed by atoms with van der Waals surface area (Å²) in [7, 11) is 0. The molecule has 0 heterocycles. The van der Waals surface area contributed by atoms with Crippen molar-refractivity contribution in [1.82, 2.24) is 10.6 Å². The molecule has 2 rings (SSSR count). The maximum atomic E-state index is 13.6. The third kappa shape index (κ3) is 5.86. The van der Waals surface area contributed by atoms with Crippen LogP contribution >= 0.6 is 0 Å². The van der Waals surface area contributed by atoms with Crippen LogP contribution in [0.1, 0.15) is 38.2 Å². The summed E-state index contributed by atoms with van der Waals surface area (Å²) in [5.74, 6) is -1.95. The van der Waals surface area contributed by atoms with Crippen LogP contribution in [0.3, 0.4) is 0 Å². The van der Waals surface area contributed by atoms with E-state index in [1.807, 2.05) is 6.92 Å². The van der Waals surface area contributed by atoms with Gasteiger partial charge in [-0.3, -0.25) is 0 Å². The van der Waals surface area contributed by atoms with Crippen LogP contribution in [-0.4, -0.2) is 24.7 Å². The fraction of sp³-hybridized carbons (Fsp3) is 0.588. The molecular formula is C17H22F5N3. The van der Waals surface area contributed by atoms with Crippen molar-refractivity contribution in [2.45, 2.75) is 51.4 Å². The van der Waals surface area contributed by atoms with Gasteiger partial charge in [-0.15, -0.1) is 0 Å². The zero-order valence-electron chi connectivity index (χ0n) is 14.0. The summed E-state index contributed by atoms with van der Waals surface area (Å²) in [4.78, 5) is 4.21. The fourth-order valence-corrected chi connectivity index (χ4v) is 2.91. The number of nitrogens with zero attached hydrogens (tertiary/aromatic N) is 1. The second-order valence-corrected chi connectivity index (χ2v) is 6.17. The van der Waals surface area contributed by atoms with E-state index in [-0.39, 0.29) is 31.0 Å². The second kappa shape index (κ2) is 8.49. The molecule has 1 fully saturated rings. The number of nitrogens with one attached hydrogen (secondary N) is 2. The highest BCUT2D eigenvalue weighted by Gasteiger charge is 2.41. The molecule has 1 saturated carbocycles. The standard InChI is InChI=1S/C17H22F5N3/c1-2-23-16(24-10-11-9-13(18)5-8-15(11)19)25-14-6-3-12(4-7-14)17(20,21)22/h5,8-9,12,14H,2-4,6-7,10H2,1H3,(H2,23,24,25). The number of hydrogen-bond donors (Lipinski definition) is 2. The van der Waals surface area contributed by atoms with Crippen molar-refractivity contribution in [2.24, 2.45) is 10.9 Å². The molecule has 1 aliphatic rings. The first kappa shape index (κ1) is 19.5. The smallest absolute Gasteiger partial charge is 0.357 e. The second-order valence-electron chi connectivity index (χ2n) is 6.17. The van der Waals surface area contributed by atoms with Crippen LogP contribution in [0.25, 0.3) is 0 Å². The van der Waals surface area contributed by atoms with E-state index in [1.165, 1.54) is 0 Å². The molecule has 2 N–H and O–H groups in total. The van der Waals surface area contributed by atoms with Crippen LogP contribution in [0.15, 0.2) is 23.2 Å². The molecule has 0 saturated heterocycles. The Bertz CT molecular complexity index is 592. The number of guanidine groups is 1. The summed E-state index contributed by atoms with van der Waals surface area (Å²) in [6.07, 6.45) is -3.19. The van der Waals surface area contributed by atoms with Gasteiger partial charge in [-0.2, -0.15) is 13.2 Å². The minimum atomic E-state index is -4.14. The third-order valence-corrected chi connectivity index (χ3v) is 4.29. The first-order valence-corrected chi connectivity index (χ1v) is 8.35. The van der Waals surface area contributed by atoms with Crippen molar-refractivity contribution >= 4 is 5.96 Å². The van der Waals surface area contributed by atoms with Gasteiger partial charge < -0.3 is 10.6 Å². The molecule has 0 aliphatic heterocycles. The van der Waals surface area contributed by atoms with Crippen LogP contribution in [0.2, 0.25) is 0 Å². The number of benzene rings is 1. The Morgan fingerprint density at radius 2 is 1.84 bits per heavy atom. The summed E-state index contributed by atoms with van der Waals surface area (Å²) in [5.41, 5.74) is 0.123. The Kier molecular flexibility index (Phi) is 6.61. The van der Waals surface area contributed by atoms with E-state index < -0.39 is 23.7 Å². The first-order valence-electron chi connectivity index (χ1n) is 8.35. The summed E-state index contributed by atoms with van der Waals surface area (Å²) in [5, 5.41) is 6.06. The average Bonchev–Trinajstić information content (AvgIpc) is 2.55. The lowest BCUT2D eigenvalue weighted by molar-refractivity contribution is -0.182. The molecule has 3 nitrogen and oxygen atoms in total. The molecule has 0 unspecified atom stereocenters. The van der Waals surface area contributed by atoms with Gasteiger partial charge in [0.2, 0.25) is 0 Å². The number of alkyl halides is 3. The van der Waals surface area contributed by atoms with Crippen molar-refractivity contribution < 1.29 is 22.0 Å². The van der Waals surface area contributed by atoms with Crippen molar-refractivity contribution in [3.63, 3.8) is 0 Å². The van der Waals surface area contributed by atoms with Crippen molar-refractivity contribution in [2.75, 3.05) is 6.54 Å². The predicted octanol–water partition coefficient (Wildman–Crippen LogP) is 4.14. The minimum Gasteiger partial charge on any atom is -0.357 e. The topological polar surface area (TPSA) is 36.4 Å². The normalized spacial score (nSPS) is 21.9. The maximum absolute atomic E-state index is 13.6. The molecule has 0 bridgehead atoms. The van der Waals surface area contributed by atoms with E-state index in [1.54, 1.807) is 0 Å². The fourth-order valence-electron chi connectivity index (χ4n) is 2.91. The molecule has 1 aromatic rings. The molecule has 0 aromatic heterocycles. The van der Waals surface area contributed by atoms with Gasteiger partial charge in [-0.25, -0.2) is 13.8 Å². The SMILES string of the molecule is CCNC(=NCc1cc(F)ccc1F)NC1CCC(C(F)(F)F)CC1. The molecule has 0 atom stereocenters. The first-order chi connectivity index (χ1) is 11.8. The Morgan fingerprint density at radius 1 is 1.16 bits per heavy atom. The Hall–Kier alpha value is -1.86. The number of halogens is 5. The lowest BCUT2D eigenvalue weighted by Gasteiger charge is -2.31. The Labute approximate surface area is 143 Å². The van der Waals surface area contributed by atoms with Gasteiger partial charge in [0.25, 0.3) is 0 Å². The van der Waals surface area contributed by atoms with Crippen molar-refractivity contribution in [3.8, 4) is 0 Å². The molecule has 0 radical (unpaired) electrons. The molecule has 140 valence electrons. The molecule has 1 aromatic carbocycles. The van der Waals surface area contributed by atoms with Gasteiger partial charge in [-0.1, -0.05) is 0 Å². The van der Waals surface area contributed by atoms with Gasteiger partial charge >= 0.3 is 6.18 Å². The minimum absolute atomic E-state index is 0.0587. The molecule has 25 heavy (non-hydrogen) atoms. The van der Waals surface area contributed by atoms with E-state index in [0.717, 1.165) is 18.2 Å². The zero-order valence-corrected chi connectivity index (χ0v) is 14.0. The van der Waals surface area contributed by atoms with Gasteiger partial charge in [0, 0.05) is 18.2 Å². The lowest BCUT2D eigenvalue weighted by Crippen LogP contribution is -2.45. The van der Waals surface area contributed by atoms with Crippen molar-refractivity contribution in [1.29, 1.82) is 0 Å². The van der Waals surface area contributed by atoms with E-state index in [4.69, 9.17) is 0 Å². The summed E-state index contributed by atoms with van der Waals surface area (Å²) >= 11 is 0. The monoisotopic (exact) mass is 363 g/mol. The van der Waals surface area contributed by atoms with E-state index in [9.17, 15) is 22.0 Å². The van der Waals surface area contributed by atoms with Gasteiger partial charge in [0.05, 0.1) is 12.5 Å². The highest BCUT2D eigenvalue weighted by molar-refractivity contribution is 5.80. The highest BCUT2D eigenvalue weighted by Crippen LogP contribution is 2.37. The van der Waals surface area contributed by atoms with Gasteiger partial charge in [-0.05, 0) is 50.8 Å². The van der Waals surface area contributed by atoms with Gasteiger partial charge in [0.15, 0.2) is 5.96 Å². The Balaban J connectivity index is 1.95. The largest absolute Gasteiger partial charge is 0.391 e. The Morgan fingerprint density at radius 3 is 2.44 bits per heavy atom. The molecule has 1 aliphatic carbocycles. The summed E-state index contributed by atoms with van der Waals surface area (Å²) in [6, 6.07) is 3.04. The molecule has 0 spiro atoms. The van der Waals surface area contributed by atoms with Crippen molar-refractivity contribution in [3.05, 3.63) is 35.4 Å². The predicted molar refractivity (Wildman–Crippen MR) is 86.1 cm³/mol. The van der Waals surface area contributed by atoms with Crippen LogP contribution in [0, 0.1) is 17.6 Å². The third-order valence-electron chi connectivity index (χ3n) is 4.29. The summed E-state index contributed by atoms with van der Waals surface area (Å²) < 4.78 is 64.9. The number of hydrogen-bond acceptors (Lipinski definition) is 1. The van der Waals surface area contributed by atoms with Crippen LogP contribution < -0.4 is 10.6 Å².